The van der Waals surface area contributed by atoms with Crippen LogP contribution in [0.4, 0.5) is 0 Å². The van der Waals surface area contributed by atoms with E-state index in [9.17, 15) is 8.42 Å². The van der Waals surface area contributed by atoms with Gasteiger partial charge in [-0.3, -0.25) is 4.55 Å². The van der Waals surface area contributed by atoms with Crippen molar-refractivity contribution in [2.45, 2.75) is 110 Å². The van der Waals surface area contributed by atoms with Crippen LogP contribution in [0.15, 0.2) is 0 Å². The van der Waals surface area contributed by atoms with Gasteiger partial charge in [-0.1, -0.05) is 103 Å². The predicted molar refractivity (Wildman–Crippen MR) is 104 cm³/mol. The Kier molecular flexibility index (Phi) is 22.4. The SMILES string of the molecule is CCCCCCCCCCCCCCCCCCS(=O)(=O)O.[Ca+2].[H-].[H-]. The molecule has 23 heavy (non-hydrogen) atoms. The maximum absolute atomic E-state index is 10.5. The van der Waals surface area contributed by atoms with E-state index in [0.717, 1.165) is 12.8 Å². The largest absolute Gasteiger partial charge is 2.00 e. The molecule has 0 radical (unpaired) electrons. The summed E-state index contributed by atoms with van der Waals surface area (Å²) in [5.41, 5.74) is 0. The van der Waals surface area contributed by atoms with E-state index in [1.165, 1.54) is 83.5 Å². The maximum Gasteiger partial charge on any atom is 2.00 e. The van der Waals surface area contributed by atoms with Gasteiger partial charge in [-0.25, -0.2) is 0 Å². The zero-order valence-electron chi connectivity index (χ0n) is 17.4. The third kappa shape index (κ3) is 25.5. The Morgan fingerprint density at radius 1 is 0.609 bits per heavy atom. The zero-order chi connectivity index (χ0) is 16.5. The van der Waals surface area contributed by atoms with Crippen LogP contribution in [0.5, 0.6) is 0 Å². The Balaban J connectivity index is -0.000000735. The molecule has 0 rings (SSSR count). The molecule has 0 aliphatic carbocycles. The summed E-state index contributed by atoms with van der Waals surface area (Å²) >= 11 is 0. The number of unbranched alkanes of at least 4 members (excludes halogenated alkanes) is 15. The first-order valence-electron chi connectivity index (χ1n) is 9.51. The van der Waals surface area contributed by atoms with Gasteiger partial charge in [0.2, 0.25) is 0 Å². The van der Waals surface area contributed by atoms with Gasteiger partial charge in [0.1, 0.15) is 0 Å². The molecular weight excluding hydrogens is 336 g/mol. The van der Waals surface area contributed by atoms with Crippen molar-refractivity contribution in [3.63, 3.8) is 0 Å². The molecule has 3 nitrogen and oxygen atoms in total. The van der Waals surface area contributed by atoms with E-state index in [-0.39, 0.29) is 46.3 Å². The van der Waals surface area contributed by atoms with Crippen LogP contribution in [-0.2, 0) is 10.1 Å². The van der Waals surface area contributed by atoms with Gasteiger partial charge in [0.15, 0.2) is 0 Å². The summed E-state index contributed by atoms with van der Waals surface area (Å²) in [7, 11) is -3.74. The summed E-state index contributed by atoms with van der Waals surface area (Å²) in [5, 5.41) is 0. The summed E-state index contributed by atoms with van der Waals surface area (Å²) in [6, 6.07) is 0. The number of hydrogen-bond donors (Lipinski definition) is 1. The second-order valence-corrected chi connectivity index (χ2v) is 8.16. The van der Waals surface area contributed by atoms with Crippen molar-refractivity contribution in [2.24, 2.45) is 0 Å². The first-order chi connectivity index (χ1) is 10.6. The maximum atomic E-state index is 10.5. The van der Waals surface area contributed by atoms with Crippen LogP contribution in [-0.4, -0.2) is 56.5 Å². The third-order valence-corrected chi connectivity index (χ3v) is 5.06. The fourth-order valence-electron chi connectivity index (χ4n) is 2.83. The van der Waals surface area contributed by atoms with Crippen LogP contribution in [0.2, 0.25) is 0 Å². The van der Waals surface area contributed by atoms with Crippen LogP contribution in [0.3, 0.4) is 0 Å². The molecule has 138 valence electrons. The zero-order valence-corrected chi connectivity index (χ0v) is 18.4. The average Bonchev–Trinajstić information content (AvgIpc) is 2.45. The molecule has 0 aliphatic heterocycles. The minimum atomic E-state index is -3.74. The molecule has 0 fully saturated rings. The first-order valence-corrected chi connectivity index (χ1v) is 11.1. The average molecular weight is 377 g/mol. The quantitative estimate of drug-likeness (QED) is 0.193. The van der Waals surface area contributed by atoms with Crippen molar-refractivity contribution in [1.82, 2.24) is 0 Å². The fraction of sp³-hybridized carbons (Fsp3) is 1.00. The predicted octanol–water partition coefficient (Wildman–Crippen LogP) is 5.98. The van der Waals surface area contributed by atoms with Crippen LogP contribution >= 0.6 is 0 Å². The number of hydrogen-bond acceptors (Lipinski definition) is 2. The van der Waals surface area contributed by atoms with E-state index in [4.69, 9.17) is 4.55 Å². The molecule has 0 aromatic carbocycles. The molecule has 0 amide bonds. The van der Waals surface area contributed by atoms with Crippen molar-refractivity contribution < 1.29 is 15.8 Å². The Bertz CT molecular complexity index is 328. The van der Waals surface area contributed by atoms with Crippen molar-refractivity contribution in [3.05, 3.63) is 0 Å². The van der Waals surface area contributed by atoms with Gasteiger partial charge >= 0.3 is 37.7 Å². The van der Waals surface area contributed by atoms with Crippen molar-refractivity contribution in [2.75, 3.05) is 5.75 Å². The van der Waals surface area contributed by atoms with Crippen molar-refractivity contribution >= 4 is 47.9 Å². The van der Waals surface area contributed by atoms with Crippen molar-refractivity contribution in [3.8, 4) is 0 Å². The second-order valence-electron chi connectivity index (χ2n) is 6.59. The van der Waals surface area contributed by atoms with E-state index in [0.29, 0.717) is 6.42 Å². The standard InChI is InChI=1S/C18H38O3S.Ca.2H/c1-2-3-4-5-6-7-8-9-10-11-12-13-14-15-16-17-18-22(19,20)21;;;/h2-18H2,1H3,(H,19,20,21);;;/q;+2;2*-1. The Morgan fingerprint density at radius 3 is 1.13 bits per heavy atom. The van der Waals surface area contributed by atoms with Crippen LogP contribution in [0, 0.1) is 0 Å². The minimum absolute atomic E-state index is 0. The Hall–Kier alpha value is 1.17. The Morgan fingerprint density at radius 2 is 0.870 bits per heavy atom. The molecule has 0 heterocycles. The fourth-order valence-corrected chi connectivity index (χ4v) is 3.40. The summed E-state index contributed by atoms with van der Waals surface area (Å²) in [6.07, 6.45) is 20.3. The van der Waals surface area contributed by atoms with E-state index in [1.54, 1.807) is 0 Å². The molecule has 0 saturated carbocycles. The van der Waals surface area contributed by atoms with Crippen molar-refractivity contribution in [1.29, 1.82) is 0 Å². The van der Waals surface area contributed by atoms with Gasteiger partial charge in [-0.15, -0.1) is 0 Å². The molecule has 0 atom stereocenters. The monoisotopic (exact) mass is 376 g/mol. The van der Waals surface area contributed by atoms with Gasteiger partial charge in [-0.05, 0) is 6.42 Å². The molecule has 0 spiro atoms. The van der Waals surface area contributed by atoms with Gasteiger partial charge in [0, 0.05) is 0 Å². The molecule has 0 saturated heterocycles. The van der Waals surface area contributed by atoms with E-state index in [2.05, 4.69) is 6.92 Å². The summed E-state index contributed by atoms with van der Waals surface area (Å²) in [6.45, 7) is 2.26. The van der Waals surface area contributed by atoms with E-state index in [1.807, 2.05) is 0 Å². The van der Waals surface area contributed by atoms with E-state index >= 15 is 0 Å². The van der Waals surface area contributed by atoms with E-state index < -0.39 is 10.1 Å². The molecule has 0 unspecified atom stereocenters. The van der Waals surface area contributed by atoms with Crippen LogP contribution in [0.25, 0.3) is 0 Å². The molecule has 5 heteroatoms. The topological polar surface area (TPSA) is 54.4 Å². The molecular formula is C18H40CaO3S. The van der Waals surface area contributed by atoms with Crippen LogP contribution in [0.1, 0.15) is 113 Å². The van der Waals surface area contributed by atoms with Gasteiger partial charge in [-0.2, -0.15) is 8.42 Å². The first kappa shape index (κ1) is 26.4. The summed E-state index contributed by atoms with van der Waals surface area (Å²) in [4.78, 5) is 0. The molecule has 1 N–H and O–H groups in total. The van der Waals surface area contributed by atoms with Gasteiger partial charge < -0.3 is 2.85 Å². The van der Waals surface area contributed by atoms with Gasteiger partial charge in [0.25, 0.3) is 10.1 Å². The molecule has 0 aromatic heterocycles. The summed E-state index contributed by atoms with van der Waals surface area (Å²) < 4.78 is 29.7. The normalized spacial score (nSPS) is 11.4. The smallest absolute Gasteiger partial charge is 1.00 e. The van der Waals surface area contributed by atoms with Crippen LogP contribution < -0.4 is 0 Å². The van der Waals surface area contributed by atoms with Gasteiger partial charge in [0.05, 0.1) is 5.75 Å². The molecule has 0 aromatic rings. The number of rotatable bonds is 17. The third-order valence-electron chi connectivity index (χ3n) is 4.26. The second kappa shape index (κ2) is 19.5. The Labute approximate surface area is 178 Å². The molecule has 0 bridgehead atoms. The summed E-state index contributed by atoms with van der Waals surface area (Å²) in [5.74, 6) is -0.0779. The minimum Gasteiger partial charge on any atom is -1.00 e. The molecule has 0 aliphatic rings.